The SMILES string of the molecule is Cc1ccc([N+](=O)[O-])cc1C(=O)NC(Cc1c[nH]c(=O)nc1NC(=O)c1c(Cl)cccc1Cl)C(=O)O. The van der Waals surface area contributed by atoms with E-state index in [-0.39, 0.29) is 38.2 Å². The Labute approximate surface area is 212 Å². The number of carboxylic acids is 1. The first-order valence-corrected chi connectivity index (χ1v) is 10.9. The number of aliphatic carboxylic acids is 1. The van der Waals surface area contributed by atoms with E-state index in [2.05, 4.69) is 20.6 Å². The molecule has 1 aromatic heterocycles. The van der Waals surface area contributed by atoms with Gasteiger partial charge in [-0.3, -0.25) is 19.7 Å². The average Bonchev–Trinajstić information content (AvgIpc) is 2.80. The van der Waals surface area contributed by atoms with Crippen molar-refractivity contribution >= 4 is 52.5 Å². The zero-order chi connectivity index (χ0) is 26.6. The number of nitrogens with one attached hydrogen (secondary N) is 3. The number of H-pyrrole nitrogens is 1. The molecule has 0 aliphatic heterocycles. The predicted octanol–water partition coefficient (Wildman–Crippen LogP) is 2.97. The van der Waals surface area contributed by atoms with Crippen LogP contribution in [0.5, 0.6) is 0 Å². The molecule has 0 saturated carbocycles. The van der Waals surface area contributed by atoms with Crippen molar-refractivity contribution in [2.45, 2.75) is 19.4 Å². The van der Waals surface area contributed by atoms with Crippen LogP contribution in [0.3, 0.4) is 0 Å². The van der Waals surface area contributed by atoms with E-state index in [0.29, 0.717) is 5.56 Å². The fourth-order valence-electron chi connectivity index (χ4n) is 3.20. The number of aromatic amines is 1. The molecule has 2 aromatic carbocycles. The van der Waals surface area contributed by atoms with Gasteiger partial charge in [-0.1, -0.05) is 35.3 Å². The highest BCUT2D eigenvalue weighted by Crippen LogP contribution is 2.25. The number of aryl methyl sites for hydroxylation is 1. The van der Waals surface area contributed by atoms with Crippen LogP contribution in [-0.2, 0) is 11.2 Å². The van der Waals surface area contributed by atoms with Gasteiger partial charge in [-0.25, -0.2) is 9.59 Å². The molecular weight excluding hydrogens is 517 g/mol. The van der Waals surface area contributed by atoms with Crippen molar-refractivity contribution in [3.8, 4) is 0 Å². The number of carbonyl (C=O) groups is 3. The molecule has 1 atom stereocenters. The van der Waals surface area contributed by atoms with Crippen LogP contribution in [-0.4, -0.2) is 43.8 Å². The van der Waals surface area contributed by atoms with Gasteiger partial charge in [0.05, 0.1) is 20.5 Å². The van der Waals surface area contributed by atoms with Gasteiger partial charge in [0.25, 0.3) is 17.5 Å². The molecule has 36 heavy (non-hydrogen) atoms. The van der Waals surface area contributed by atoms with Crippen LogP contribution in [0.2, 0.25) is 10.0 Å². The molecule has 0 aliphatic rings. The number of hydrogen-bond acceptors (Lipinski definition) is 7. The zero-order valence-electron chi connectivity index (χ0n) is 18.4. The third-order valence-corrected chi connectivity index (χ3v) is 5.64. The zero-order valence-corrected chi connectivity index (χ0v) is 19.9. The molecule has 4 N–H and O–H groups in total. The maximum absolute atomic E-state index is 12.8. The van der Waals surface area contributed by atoms with Crippen LogP contribution in [0, 0.1) is 17.0 Å². The highest BCUT2D eigenvalue weighted by molar-refractivity contribution is 6.40. The van der Waals surface area contributed by atoms with Crippen LogP contribution in [0.15, 0.2) is 47.4 Å². The summed E-state index contributed by atoms with van der Waals surface area (Å²) in [5, 5.41) is 25.5. The van der Waals surface area contributed by atoms with Gasteiger partial charge in [-0.15, -0.1) is 0 Å². The normalized spacial score (nSPS) is 11.4. The van der Waals surface area contributed by atoms with E-state index in [1.54, 1.807) is 0 Å². The van der Waals surface area contributed by atoms with Crippen molar-refractivity contribution in [3.63, 3.8) is 0 Å². The summed E-state index contributed by atoms with van der Waals surface area (Å²) in [6.07, 6.45) is 0.727. The highest BCUT2D eigenvalue weighted by atomic mass is 35.5. The Morgan fingerprint density at radius 3 is 2.44 bits per heavy atom. The average molecular weight is 534 g/mol. The first-order chi connectivity index (χ1) is 17.0. The number of hydrogen-bond donors (Lipinski definition) is 4. The fraction of sp³-hybridized carbons (Fsp3) is 0.136. The van der Waals surface area contributed by atoms with E-state index in [0.717, 1.165) is 12.3 Å². The van der Waals surface area contributed by atoms with Crippen molar-refractivity contribution < 1.29 is 24.4 Å². The molecule has 186 valence electrons. The van der Waals surface area contributed by atoms with Gasteiger partial charge in [-0.05, 0) is 24.6 Å². The van der Waals surface area contributed by atoms with E-state index in [1.807, 2.05) is 0 Å². The lowest BCUT2D eigenvalue weighted by molar-refractivity contribution is -0.384. The molecule has 0 bridgehead atoms. The first-order valence-electron chi connectivity index (χ1n) is 10.1. The maximum Gasteiger partial charge on any atom is 0.346 e. The molecule has 0 aliphatic carbocycles. The lowest BCUT2D eigenvalue weighted by Crippen LogP contribution is -2.43. The van der Waals surface area contributed by atoms with Gasteiger partial charge in [0.2, 0.25) is 0 Å². The second kappa shape index (κ2) is 11.0. The number of nitrogens with zero attached hydrogens (tertiary/aromatic N) is 2. The van der Waals surface area contributed by atoms with E-state index in [4.69, 9.17) is 23.2 Å². The molecule has 0 radical (unpaired) electrons. The molecule has 1 heterocycles. The predicted molar refractivity (Wildman–Crippen MR) is 130 cm³/mol. The van der Waals surface area contributed by atoms with Crippen LogP contribution >= 0.6 is 23.2 Å². The molecule has 0 spiro atoms. The number of rotatable bonds is 8. The summed E-state index contributed by atoms with van der Waals surface area (Å²) in [5.41, 5.74) is -0.893. The van der Waals surface area contributed by atoms with Crippen LogP contribution < -0.4 is 16.3 Å². The summed E-state index contributed by atoms with van der Waals surface area (Å²) in [6, 6.07) is 6.45. The third kappa shape index (κ3) is 6.03. The van der Waals surface area contributed by atoms with Gasteiger partial charge in [0.1, 0.15) is 11.9 Å². The number of non-ortho nitro benzene ring substituents is 1. The third-order valence-electron chi connectivity index (χ3n) is 5.01. The largest absolute Gasteiger partial charge is 0.480 e. The van der Waals surface area contributed by atoms with E-state index < -0.39 is 40.9 Å². The van der Waals surface area contributed by atoms with E-state index in [1.165, 1.54) is 37.3 Å². The number of carbonyl (C=O) groups excluding carboxylic acids is 2. The number of nitro groups is 1. The van der Waals surface area contributed by atoms with Crippen molar-refractivity contribution in [2.24, 2.45) is 0 Å². The van der Waals surface area contributed by atoms with Gasteiger partial charge >= 0.3 is 11.7 Å². The smallest absolute Gasteiger partial charge is 0.346 e. The van der Waals surface area contributed by atoms with Crippen LogP contribution in [0.25, 0.3) is 0 Å². The topological polar surface area (TPSA) is 184 Å². The maximum atomic E-state index is 12.8. The summed E-state index contributed by atoms with van der Waals surface area (Å²) in [5.74, 6) is -3.38. The van der Waals surface area contributed by atoms with E-state index in [9.17, 15) is 34.4 Å². The molecular formula is C22H17Cl2N5O7. The number of carboxylic acid groups (broad SMARTS) is 1. The Bertz CT molecular complexity index is 1420. The summed E-state index contributed by atoms with van der Waals surface area (Å²) in [4.78, 5) is 65.5. The first kappa shape index (κ1) is 26.3. The fourth-order valence-corrected chi connectivity index (χ4v) is 3.76. The molecule has 1 unspecified atom stereocenters. The number of amides is 2. The Kier molecular flexibility index (Phi) is 8.02. The minimum Gasteiger partial charge on any atom is -0.480 e. The summed E-state index contributed by atoms with van der Waals surface area (Å²) >= 11 is 12.1. The number of anilines is 1. The number of nitro benzene ring substituents is 1. The minimum absolute atomic E-state index is 0.0365. The monoisotopic (exact) mass is 533 g/mol. The quantitative estimate of drug-likeness (QED) is 0.251. The van der Waals surface area contributed by atoms with E-state index >= 15 is 0 Å². The van der Waals surface area contributed by atoms with Gasteiger partial charge in [-0.2, -0.15) is 4.98 Å². The Hall–Kier alpha value is -4.29. The van der Waals surface area contributed by atoms with Crippen molar-refractivity contribution in [2.75, 3.05) is 5.32 Å². The van der Waals surface area contributed by atoms with Crippen LogP contribution in [0.4, 0.5) is 11.5 Å². The van der Waals surface area contributed by atoms with Gasteiger partial charge in [0.15, 0.2) is 0 Å². The Morgan fingerprint density at radius 2 is 1.83 bits per heavy atom. The molecule has 0 saturated heterocycles. The number of benzene rings is 2. The summed E-state index contributed by atoms with van der Waals surface area (Å²) in [7, 11) is 0. The Balaban J connectivity index is 1.89. The summed E-state index contributed by atoms with van der Waals surface area (Å²) in [6.45, 7) is 1.54. The number of halogens is 2. The molecule has 12 nitrogen and oxygen atoms in total. The lowest BCUT2D eigenvalue weighted by atomic mass is 10.0. The van der Waals surface area contributed by atoms with Crippen LogP contribution in [0.1, 0.15) is 31.8 Å². The molecule has 14 heteroatoms. The van der Waals surface area contributed by atoms with Crippen molar-refractivity contribution in [1.29, 1.82) is 0 Å². The highest BCUT2D eigenvalue weighted by Gasteiger charge is 2.26. The second-order valence-electron chi connectivity index (χ2n) is 7.46. The summed E-state index contributed by atoms with van der Waals surface area (Å²) < 4.78 is 0. The van der Waals surface area contributed by atoms with Gasteiger partial charge < -0.3 is 20.7 Å². The van der Waals surface area contributed by atoms with Gasteiger partial charge in [0, 0.05) is 35.9 Å². The molecule has 2 amide bonds. The minimum atomic E-state index is -1.55. The second-order valence-corrected chi connectivity index (χ2v) is 8.27. The lowest BCUT2D eigenvalue weighted by Gasteiger charge is -2.17. The Morgan fingerprint density at radius 1 is 1.17 bits per heavy atom. The number of aromatic nitrogens is 2. The van der Waals surface area contributed by atoms with Crippen molar-refractivity contribution in [1.82, 2.24) is 15.3 Å². The van der Waals surface area contributed by atoms with Crippen molar-refractivity contribution in [3.05, 3.63) is 95.5 Å². The molecule has 3 rings (SSSR count). The standard InChI is InChI=1S/C22H17Cl2N5O7/c1-10-5-6-12(29(35)36)8-13(10)19(30)26-16(21(32)33)7-11-9-25-22(34)28-18(11)27-20(31)17-14(23)3-2-4-15(17)24/h2-6,8-9,16H,7H2,1H3,(H,26,30)(H,32,33)(H2,25,27,28,31,34). The molecule has 0 fully saturated rings. The molecule has 3 aromatic rings.